The molecule has 0 saturated carbocycles. The van der Waals surface area contributed by atoms with Gasteiger partial charge in [0, 0.05) is 18.2 Å². The molecular formula is C20H27N3O6. The number of benzene rings is 1. The van der Waals surface area contributed by atoms with E-state index in [0.717, 1.165) is 5.56 Å². The number of ether oxygens (including phenoxy) is 3. The molecule has 0 spiro atoms. The Morgan fingerprint density at radius 3 is 2.76 bits per heavy atom. The van der Waals surface area contributed by atoms with Crippen molar-refractivity contribution in [1.82, 2.24) is 10.2 Å². The van der Waals surface area contributed by atoms with Gasteiger partial charge in [-0.15, -0.1) is 0 Å². The largest absolute Gasteiger partial charge is 0.491 e. The number of hydrogen-bond acceptors (Lipinski definition) is 6. The average molecular weight is 405 g/mol. The summed E-state index contributed by atoms with van der Waals surface area (Å²) in [6.07, 6.45) is -1.30. The van der Waals surface area contributed by atoms with E-state index in [9.17, 15) is 14.4 Å². The van der Waals surface area contributed by atoms with Gasteiger partial charge in [-0.1, -0.05) is 0 Å². The van der Waals surface area contributed by atoms with Crippen molar-refractivity contribution < 1.29 is 28.6 Å². The van der Waals surface area contributed by atoms with Gasteiger partial charge < -0.3 is 24.4 Å². The Morgan fingerprint density at radius 2 is 2.07 bits per heavy atom. The fraction of sp³-hybridized carbons (Fsp3) is 0.550. The maximum atomic E-state index is 12.5. The second kappa shape index (κ2) is 8.18. The maximum Gasteiger partial charge on any atom is 0.414 e. The van der Waals surface area contributed by atoms with Gasteiger partial charge >= 0.3 is 12.2 Å². The predicted octanol–water partition coefficient (Wildman–Crippen LogP) is 2.28. The number of nitrogens with zero attached hydrogens (tertiary/aromatic N) is 2. The van der Waals surface area contributed by atoms with Crippen molar-refractivity contribution in [2.45, 2.75) is 45.9 Å². The van der Waals surface area contributed by atoms with E-state index in [1.54, 1.807) is 17.0 Å². The summed E-state index contributed by atoms with van der Waals surface area (Å²) in [7, 11) is 0. The van der Waals surface area contributed by atoms with Crippen LogP contribution in [0.1, 0.15) is 33.3 Å². The van der Waals surface area contributed by atoms with Crippen molar-refractivity contribution in [1.29, 1.82) is 0 Å². The lowest BCUT2D eigenvalue weighted by Crippen LogP contribution is -2.37. The smallest absolute Gasteiger partial charge is 0.414 e. The molecule has 0 bridgehead atoms. The number of amides is 3. The summed E-state index contributed by atoms with van der Waals surface area (Å²) in [4.78, 5) is 38.9. The zero-order valence-corrected chi connectivity index (χ0v) is 17.2. The average Bonchev–Trinajstić information content (AvgIpc) is 2.85. The number of carbonyl (C=O) groups excluding carboxylic acids is 3. The van der Waals surface area contributed by atoms with Crippen LogP contribution in [0.15, 0.2) is 18.2 Å². The quantitative estimate of drug-likeness (QED) is 0.829. The lowest BCUT2D eigenvalue weighted by molar-refractivity contribution is -0.119. The third kappa shape index (κ3) is 5.30. The van der Waals surface area contributed by atoms with Gasteiger partial charge in [0.2, 0.25) is 5.91 Å². The highest BCUT2D eigenvalue weighted by molar-refractivity contribution is 5.90. The maximum absolute atomic E-state index is 12.5. The summed E-state index contributed by atoms with van der Waals surface area (Å²) in [5.41, 5.74) is 0.842. The lowest BCUT2D eigenvalue weighted by Gasteiger charge is -2.26. The zero-order chi connectivity index (χ0) is 21.2. The van der Waals surface area contributed by atoms with Crippen LogP contribution < -0.4 is 15.0 Å². The molecule has 1 atom stereocenters. The molecule has 158 valence electrons. The minimum atomic E-state index is -0.586. The SMILES string of the molecule is CC(=O)NCC1CN(c2ccc3c(c2)CN(C(=O)OC(C)(C)C)CCO3)C(=O)O1. The van der Waals surface area contributed by atoms with Gasteiger partial charge in [-0.2, -0.15) is 0 Å². The van der Waals surface area contributed by atoms with E-state index in [0.29, 0.717) is 37.7 Å². The highest BCUT2D eigenvalue weighted by atomic mass is 16.6. The van der Waals surface area contributed by atoms with Crippen LogP contribution in [0, 0.1) is 0 Å². The monoisotopic (exact) mass is 405 g/mol. The van der Waals surface area contributed by atoms with Gasteiger partial charge in [-0.3, -0.25) is 9.69 Å². The first-order valence-electron chi connectivity index (χ1n) is 9.58. The molecule has 3 amide bonds. The second-order valence-corrected chi connectivity index (χ2v) is 8.10. The summed E-state index contributed by atoms with van der Waals surface area (Å²) in [6, 6.07) is 5.39. The van der Waals surface area contributed by atoms with Crippen LogP contribution in [0.5, 0.6) is 5.75 Å². The van der Waals surface area contributed by atoms with E-state index >= 15 is 0 Å². The van der Waals surface area contributed by atoms with Crippen LogP contribution in [0.3, 0.4) is 0 Å². The molecule has 1 unspecified atom stereocenters. The Hall–Kier alpha value is -2.97. The fourth-order valence-corrected chi connectivity index (χ4v) is 3.13. The van der Waals surface area contributed by atoms with Crippen molar-refractivity contribution in [2.75, 3.05) is 31.1 Å². The first kappa shape index (κ1) is 20.8. The van der Waals surface area contributed by atoms with Crippen LogP contribution in [0.4, 0.5) is 15.3 Å². The van der Waals surface area contributed by atoms with Crippen molar-refractivity contribution in [3.05, 3.63) is 23.8 Å². The summed E-state index contributed by atoms with van der Waals surface area (Å²) in [5.74, 6) is 0.492. The Balaban J connectivity index is 1.74. The Labute approximate surface area is 169 Å². The molecule has 2 aliphatic heterocycles. The van der Waals surface area contributed by atoms with E-state index in [4.69, 9.17) is 14.2 Å². The van der Waals surface area contributed by atoms with Gasteiger partial charge in [-0.25, -0.2) is 9.59 Å². The molecule has 1 saturated heterocycles. The van der Waals surface area contributed by atoms with E-state index in [-0.39, 0.29) is 12.5 Å². The highest BCUT2D eigenvalue weighted by Gasteiger charge is 2.33. The molecule has 0 aromatic heterocycles. The van der Waals surface area contributed by atoms with Crippen molar-refractivity contribution in [2.24, 2.45) is 0 Å². The molecule has 0 aliphatic carbocycles. The van der Waals surface area contributed by atoms with Crippen LogP contribution in [0.2, 0.25) is 0 Å². The minimum absolute atomic E-state index is 0.177. The van der Waals surface area contributed by atoms with Crippen LogP contribution >= 0.6 is 0 Å². The Bertz CT molecular complexity index is 804. The van der Waals surface area contributed by atoms with Gasteiger partial charge in [-0.05, 0) is 39.0 Å². The van der Waals surface area contributed by atoms with E-state index in [1.165, 1.54) is 11.8 Å². The molecule has 3 rings (SSSR count). The van der Waals surface area contributed by atoms with Crippen molar-refractivity contribution in [3.63, 3.8) is 0 Å². The van der Waals surface area contributed by atoms with E-state index < -0.39 is 23.9 Å². The number of nitrogens with one attached hydrogen (secondary N) is 1. The highest BCUT2D eigenvalue weighted by Crippen LogP contribution is 2.30. The molecule has 29 heavy (non-hydrogen) atoms. The summed E-state index contributed by atoms with van der Waals surface area (Å²) in [5, 5.41) is 2.65. The predicted molar refractivity (Wildman–Crippen MR) is 105 cm³/mol. The molecule has 2 aliphatic rings. The van der Waals surface area contributed by atoms with Gasteiger partial charge in [0.25, 0.3) is 0 Å². The molecular weight excluding hydrogens is 378 g/mol. The molecule has 9 nitrogen and oxygen atoms in total. The summed E-state index contributed by atoms with van der Waals surface area (Å²) in [6.45, 7) is 8.55. The number of fused-ring (bicyclic) bond motifs is 1. The van der Waals surface area contributed by atoms with Gasteiger partial charge in [0.1, 0.15) is 24.1 Å². The number of carbonyl (C=O) groups is 3. The molecule has 1 aromatic carbocycles. The Kier molecular flexibility index (Phi) is 5.86. The number of anilines is 1. The van der Waals surface area contributed by atoms with Crippen LogP contribution in [0.25, 0.3) is 0 Å². The fourth-order valence-electron chi connectivity index (χ4n) is 3.13. The third-order valence-corrected chi connectivity index (χ3v) is 4.44. The number of cyclic esters (lactones) is 1. The molecule has 1 aromatic rings. The van der Waals surface area contributed by atoms with Crippen molar-refractivity contribution >= 4 is 23.8 Å². The van der Waals surface area contributed by atoms with Gasteiger partial charge in [0.15, 0.2) is 0 Å². The van der Waals surface area contributed by atoms with Gasteiger partial charge in [0.05, 0.1) is 26.2 Å². The molecule has 1 N–H and O–H groups in total. The standard InChI is InChI=1S/C20H27N3O6/c1-13(24)21-10-16-12-23(19(26)28-16)15-5-6-17-14(9-15)11-22(7-8-27-17)18(25)29-20(2,3)4/h5-6,9,16H,7-8,10-12H2,1-4H3,(H,21,24). The summed E-state index contributed by atoms with van der Waals surface area (Å²) >= 11 is 0. The summed E-state index contributed by atoms with van der Waals surface area (Å²) < 4.78 is 16.5. The second-order valence-electron chi connectivity index (χ2n) is 8.10. The lowest BCUT2D eigenvalue weighted by atomic mass is 10.1. The first-order valence-corrected chi connectivity index (χ1v) is 9.58. The molecule has 9 heteroatoms. The topological polar surface area (TPSA) is 97.4 Å². The van der Waals surface area contributed by atoms with Crippen molar-refractivity contribution in [3.8, 4) is 5.75 Å². The number of rotatable bonds is 3. The van der Waals surface area contributed by atoms with Crippen LogP contribution in [-0.2, 0) is 20.8 Å². The molecule has 2 heterocycles. The van der Waals surface area contributed by atoms with E-state index in [2.05, 4.69) is 5.32 Å². The van der Waals surface area contributed by atoms with Crippen LogP contribution in [-0.4, -0.2) is 60.9 Å². The van der Waals surface area contributed by atoms with E-state index in [1.807, 2.05) is 26.8 Å². The third-order valence-electron chi connectivity index (χ3n) is 4.44. The Morgan fingerprint density at radius 1 is 1.31 bits per heavy atom. The number of hydrogen-bond donors (Lipinski definition) is 1. The normalized spacial score (nSPS) is 19.0. The zero-order valence-electron chi connectivity index (χ0n) is 17.2. The first-order chi connectivity index (χ1) is 13.6. The molecule has 0 radical (unpaired) electrons. The minimum Gasteiger partial charge on any atom is -0.491 e. The molecule has 1 fully saturated rings.